The molecule has 17 heavy (non-hydrogen) atoms. The summed E-state index contributed by atoms with van der Waals surface area (Å²) in [6.45, 7) is 8.32. The van der Waals surface area contributed by atoms with E-state index in [1.807, 2.05) is 25.1 Å². The summed E-state index contributed by atoms with van der Waals surface area (Å²) >= 11 is 0. The van der Waals surface area contributed by atoms with Crippen LogP contribution in [0.4, 0.5) is 0 Å². The zero-order chi connectivity index (χ0) is 12.8. The third-order valence-electron chi connectivity index (χ3n) is 2.58. The summed E-state index contributed by atoms with van der Waals surface area (Å²) in [5, 5.41) is 0. The van der Waals surface area contributed by atoms with Gasteiger partial charge in [0.05, 0.1) is 6.61 Å². The van der Waals surface area contributed by atoms with Gasteiger partial charge < -0.3 is 4.74 Å². The lowest BCUT2D eigenvalue weighted by atomic mass is 10.0. The first-order chi connectivity index (χ1) is 8.04. The van der Waals surface area contributed by atoms with Gasteiger partial charge in [0.25, 0.3) is 0 Å². The summed E-state index contributed by atoms with van der Waals surface area (Å²) in [4.78, 5) is 11.4. The number of hydrogen-bond acceptors (Lipinski definition) is 2. The van der Waals surface area contributed by atoms with Crippen molar-refractivity contribution in [2.75, 3.05) is 6.61 Å². The Balaban J connectivity index is 2.80. The Morgan fingerprint density at radius 3 is 2.35 bits per heavy atom. The molecule has 0 aliphatic carbocycles. The molecule has 1 aromatic carbocycles. The highest BCUT2D eigenvalue weighted by atomic mass is 16.5. The average Bonchev–Trinajstić information content (AvgIpc) is 2.30. The van der Waals surface area contributed by atoms with Gasteiger partial charge in [-0.2, -0.15) is 0 Å². The first kappa shape index (κ1) is 13.5. The lowest BCUT2D eigenvalue weighted by Gasteiger charge is -2.05. The van der Waals surface area contributed by atoms with E-state index in [0.29, 0.717) is 18.1 Å². The predicted octanol–water partition coefficient (Wildman–Crippen LogP) is 3.78. The molecular formula is C15H20O2. The second kappa shape index (κ2) is 6.24. The molecule has 2 heteroatoms. The zero-order valence-corrected chi connectivity index (χ0v) is 11.0. The quantitative estimate of drug-likeness (QED) is 0.583. The van der Waals surface area contributed by atoms with Crippen molar-refractivity contribution in [2.24, 2.45) is 0 Å². The third-order valence-corrected chi connectivity index (χ3v) is 2.58. The van der Waals surface area contributed by atoms with E-state index in [1.54, 1.807) is 6.92 Å². The van der Waals surface area contributed by atoms with E-state index in [0.717, 1.165) is 5.56 Å². The van der Waals surface area contributed by atoms with Gasteiger partial charge in [-0.05, 0) is 37.0 Å². The molecule has 0 aliphatic rings. The van der Waals surface area contributed by atoms with Crippen LogP contribution in [0.15, 0.2) is 29.8 Å². The zero-order valence-electron chi connectivity index (χ0n) is 11.0. The number of rotatable bonds is 4. The molecule has 0 bridgehead atoms. The van der Waals surface area contributed by atoms with Crippen LogP contribution in [0.2, 0.25) is 0 Å². The minimum Gasteiger partial charge on any atom is -0.463 e. The van der Waals surface area contributed by atoms with Gasteiger partial charge in [-0.3, -0.25) is 0 Å². The molecule has 0 N–H and O–H groups in total. The van der Waals surface area contributed by atoms with E-state index in [2.05, 4.69) is 26.0 Å². The third kappa shape index (κ3) is 4.06. The highest BCUT2D eigenvalue weighted by molar-refractivity contribution is 5.92. The molecule has 0 aliphatic heterocycles. The van der Waals surface area contributed by atoms with Crippen LogP contribution in [0.1, 0.15) is 44.7 Å². The molecule has 2 nitrogen and oxygen atoms in total. The molecular weight excluding hydrogens is 212 g/mol. The van der Waals surface area contributed by atoms with Gasteiger partial charge >= 0.3 is 5.97 Å². The fraction of sp³-hybridized carbons (Fsp3) is 0.400. The molecule has 1 rings (SSSR count). The smallest absolute Gasteiger partial charge is 0.333 e. The normalized spacial score (nSPS) is 11.7. The molecule has 0 amide bonds. The second-order valence-electron chi connectivity index (χ2n) is 4.37. The maximum Gasteiger partial charge on any atom is 0.333 e. The maximum atomic E-state index is 11.4. The van der Waals surface area contributed by atoms with Crippen molar-refractivity contribution in [3.8, 4) is 0 Å². The second-order valence-corrected chi connectivity index (χ2v) is 4.37. The van der Waals surface area contributed by atoms with Crippen LogP contribution < -0.4 is 0 Å². The summed E-state index contributed by atoms with van der Waals surface area (Å²) in [6, 6.07) is 8.24. The van der Waals surface area contributed by atoms with Crippen molar-refractivity contribution >= 4 is 12.0 Å². The Morgan fingerprint density at radius 2 is 1.88 bits per heavy atom. The Labute approximate surface area is 103 Å². The summed E-state index contributed by atoms with van der Waals surface area (Å²) < 4.78 is 4.93. The van der Waals surface area contributed by atoms with Crippen LogP contribution in [0, 0.1) is 0 Å². The Morgan fingerprint density at radius 1 is 1.29 bits per heavy atom. The van der Waals surface area contributed by atoms with E-state index in [4.69, 9.17) is 4.74 Å². The topological polar surface area (TPSA) is 26.3 Å². The standard InChI is InChI=1S/C15H20O2/c1-5-17-15(16)12(4)10-13-6-8-14(9-7-13)11(2)3/h6-11H,5H2,1-4H3. The van der Waals surface area contributed by atoms with Crippen LogP contribution in [0.3, 0.4) is 0 Å². The fourth-order valence-electron chi connectivity index (χ4n) is 1.53. The first-order valence-corrected chi connectivity index (χ1v) is 6.00. The minimum absolute atomic E-state index is 0.250. The summed E-state index contributed by atoms with van der Waals surface area (Å²) in [5.74, 6) is 0.277. The van der Waals surface area contributed by atoms with Crippen molar-refractivity contribution in [1.29, 1.82) is 0 Å². The van der Waals surface area contributed by atoms with Gasteiger partial charge in [-0.15, -0.1) is 0 Å². The summed E-state index contributed by atoms with van der Waals surface area (Å²) in [6.07, 6.45) is 1.85. The van der Waals surface area contributed by atoms with E-state index in [1.165, 1.54) is 5.56 Å². The van der Waals surface area contributed by atoms with Crippen LogP contribution in [0.25, 0.3) is 6.08 Å². The van der Waals surface area contributed by atoms with E-state index in [-0.39, 0.29) is 5.97 Å². The van der Waals surface area contributed by atoms with Gasteiger partial charge in [0.2, 0.25) is 0 Å². The molecule has 1 aromatic rings. The number of carbonyl (C=O) groups excluding carboxylic acids is 1. The predicted molar refractivity (Wildman–Crippen MR) is 70.8 cm³/mol. The highest BCUT2D eigenvalue weighted by Gasteiger charge is 2.04. The van der Waals surface area contributed by atoms with Crippen LogP contribution in [-0.4, -0.2) is 12.6 Å². The van der Waals surface area contributed by atoms with Gasteiger partial charge in [0, 0.05) is 5.57 Å². The van der Waals surface area contributed by atoms with E-state index >= 15 is 0 Å². The van der Waals surface area contributed by atoms with Crippen LogP contribution in [-0.2, 0) is 9.53 Å². The molecule has 0 atom stereocenters. The van der Waals surface area contributed by atoms with Crippen molar-refractivity contribution in [2.45, 2.75) is 33.6 Å². The molecule has 92 valence electrons. The number of benzene rings is 1. The van der Waals surface area contributed by atoms with E-state index in [9.17, 15) is 4.79 Å². The van der Waals surface area contributed by atoms with Crippen molar-refractivity contribution in [3.05, 3.63) is 41.0 Å². The number of carbonyl (C=O) groups is 1. The molecule has 0 fully saturated rings. The van der Waals surface area contributed by atoms with Gasteiger partial charge in [-0.25, -0.2) is 4.79 Å². The van der Waals surface area contributed by atoms with Crippen LogP contribution in [0.5, 0.6) is 0 Å². The lowest BCUT2D eigenvalue weighted by Crippen LogP contribution is -2.04. The Hall–Kier alpha value is -1.57. The number of hydrogen-bond donors (Lipinski definition) is 0. The van der Waals surface area contributed by atoms with Gasteiger partial charge in [0.1, 0.15) is 0 Å². The summed E-state index contributed by atoms with van der Waals surface area (Å²) in [5.41, 5.74) is 2.96. The van der Waals surface area contributed by atoms with Gasteiger partial charge in [-0.1, -0.05) is 38.1 Å². The highest BCUT2D eigenvalue weighted by Crippen LogP contribution is 2.16. The first-order valence-electron chi connectivity index (χ1n) is 6.00. The molecule has 0 unspecified atom stereocenters. The molecule has 0 spiro atoms. The SMILES string of the molecule is CCOC(=O)C(C)=Cc1ccc(C(C)C)cc1. The minimum atomic E-state index is -0.250. The van der Waals surface area contributed by atoms with Gasteiger partial charge in [0.15, 0.2) is 0 Å². The van der Waals surface area contributed by atoms with Crippen molar-refractivity contribution in [3.63, 3.8) is 0 Å². The molecule has 0 radical (unpaired) electrons. The lowest BCUT2D eigenvalue weighted by molar-refractivity contribution is -0.138. The number of esters is 1. The molecule has 0 aromatic heterocycles. The molecule has 0 heterocycles. The fourth-order valence-corrected chi connectivity index (χ4v) is 1.53. The van der Waals surface area contributed by atoms with Crippen molar-refractivity contribution < 1.29 is 9.53 Å². The van der Waals surface area contributed by atoms with E-state index < -0.39 is 0 Å². The average molecular weight is 232 g/mol. The maximum absolute atomic E-state index is 11.4. The number of ether oxygens (including phenoxy) is 1. The Kier molecular flexibility index (Phi) is 4.95. The Bertz CT molecular complexity index is 399. The molecule has 0 saturated carbocycles. The summed E-state index contributed by atoms with van der Waals surface area (Å²) in [7, 11) is 0. The van der Waals surface area contributed by atoms with Crippen LogP contribution >= 0.6 is 0 Å². The molecule has 0 saturated heterocycles. The van der Waals surface area contributed by atoms with Crippen molar-refractivity contribution in [1.82, 2.24) is 0 Å². The largest absolute Gasteiger partial charge is 0.463 e. The monoisotopic (exact) mass is 232 g/mol.